The first-order chi connectivity index (χ1) is 7.15. The Morgan fingerprint density at radius 2 is 2.20 bits per heavy atom. The Balaban J connectivity index is 4.11. The average Bonchev–Trinajstić information content (AvgIpc) is 2.23. The van der Waals surface area contributed by atoms with Gasteiger partial charge in [0.25, 0.3) is 5.91 Å². The van der Waals surface area contributed by atoms with Crippen LogP contribution in [0.15, 0.2) is 0 Å². The lowest BCUT2D eigenvalue weighted by molar-refractivity contribution is -0.123. The summed E-state index contributed by atoms with van der Waals surface area (Å²) in [6.45, 7) is 1.96. The zero-order valence-electron chi connectivity index (χ0n) is 8.91. The van der Waals surface area contributed by atoms with E-state index in [4.69, 9.17) is 5.84 Å². The van der Waals surface area contributed by atoms with E-state index in [2.05, 4.69) is 10.1 Å². The lowest BCUT2D eigenvalue weighted by Crippen LogP contribution is -2.49. The van der Waals surface area contributed by atoms with Crippen molar-refractivity contribution >= 4 is 23.8 Å². The average molecular weight is 235 g/mol. The maximum atomic E-state index is 11.2. The molecule has 1 atom stereocenters. The molecule has 88 valence electrons. The molecule has 4 N–H and O–H groups in total. The maximum absolute atomic E-state index is 11.2. The smallest absolute Gasteiger partial charge is 0.407 e. The molecule has 0 aromatic rings. The third kappa shape index (κ3) is 6.19. The van der Waals surface area contributed by atoms with Gasteiger partial charge in [0.2, 0.25) is 0 Å². The second kappa shape index (κ2) is 8.37. The molecule has 7 heteroatoms. The van der Waals surface area contributed by atoms with Gasteiger partial charge in [-0.25, -0.2) is 10.6 Å². The summed E-state index contributed by atoms with van der Waals surface area (Å²) in [5.41, 5.74) is 2.00. The van der Waals surface area contributed by atoms with E-state index < -0.39 is 18.0 Å². The minimum Gasteiger partial charge on any atom is -0.450 e. The largest absolute Gasteiger partial charge is 0.450 e. The molecule has 0 saturated carbocycles. The summed E-state index contributed by atoms with van der Waals surface area (Å²) in [6, 6.07) is -0.638. The summed E-state index contributed by atoms with van der Waals surface area (Å²) < 4.78 is 4.67. The standard InChI is InChI=1S/C8H17N3O3S/c1-3-14-8(13)10-6(4-5-15-2)7(12)11-9/h6H,3-5,9H2,1-2H3,(H,10,13)(H,11,12)/t6-/m0/s1. The van der Waals surface area contributed by atoms with Crippen LogP contribution in [-0.4, -0.2) is 36.7 Å². The van der Waals surface area contributed by atoms with Gasteiger partial charge in [0.05, 0.1) is 6.61 Å². The summed E-state index contributed by atoms with van der Waals surface area (Å²) in [7, 11) is 0. The number of amides is 2. The predicted molar refractivity (Wildman–Crippen MR) is 59.3 cm³/mol. The molecular weight excluding hydrogens is 218 g/mol. The molecule has 15 heavy (non-hydrogen) atoms. The minimum atomic E-state index is -0.638. The Hall–Kier alpha value is -0.950. The second-order valence-corrected chi connectivity index (χ2v) is 3.69. The van der Waals surface area contributed by atoms with E-state index in [1.807, 2.05) is 11.7 Å². The summed E-state index contributed by atoms with van der Waals surface area (Å²) in [6.07, 6.45) is 1.83. The van der Waals surface area contributed by atoms with Gasteiger partial charge < -0.3 is 10.1 Å². The van der Waals surface area contributed by atoms with E-state index in [0.717, 1.165) is 5.75 Å². The van der Waals surface area contributed by atoms with Crippen molar-refractivity contribution in [3.05, 3.63) is 0 Å². The normalized spacial score (nSPS) is 11.7. The van der Waals surface area contributed by atoms with E-state index in [1.165, 1.54) is 0 Å². The van der Waals surface area contributed by atoms with Gasteiger partial charge in [0.1, 0.15) is 6.04 Å². The molecule has 0 fully saturated rings. The molecule has 0 aromatic heterocycles. The first-order valence-electron chi connectivity index (χ1n) is 4.58. The number of hydrogen-bond donors (Lipinski definition) is 3. The molecular formula is C8H17N3O3S. The van der Waals surface area contributed by atoms with Gasteiger partial charge in [-0.05, 0) is 25.4 Å². The number of nitrogens with two attached hydrogens (primary N) is 1. The van der Waals surface area contributed by atoms with Crippen LogP contribution in [0.25, 0.3) is 0 Å². The quantitative estimate of drug-likeness (QED) is 0.338. The van der Waals surface area contributed by atoms with Crippen LogP contribution in [0.5, 0.6) is 0 Å². The second-order valence-electron chi connectivity index (χ2n) is 2.71. The van der Waals surface area contributed by atoms with Crippen molar-refractivity contribution in [3.8, 4) is 0 Å². The third-order valence-corrected chi connectivity index (χ3v) is 2.28. The van der Waals surface area contributed by atoms with Crippen LogP contribution < -0.4 is 16.6 Å². The third-order valence-electron chi connectivity index (χ3n) is 1.64. The Morgan fingerprint density at radius 1 is 1.53 bits per heavy atom. The lowest BCUT2D eigenvalue weighted by atomic mass is 10.2. The maximum Gasteiger partial charge on any atom is 0.407 e. The molecule has 0 bridgehead atoms. The molecule has 6 nitrogen and oxygen atoms in total. The first-order valence-corrected chi connectivity index (χ1v) is 5.97. The highest BCUT2D eigenvalue weighted by atomic mass is 32.2. The van der Waals surface area contributed by atoms with Crippen molar-refractivity contribution in [2.45, 2.75) is 19.4 Å². The molecule has 0 unspecified atom stereocenters. The van der Waals surface area contributed by atoms with Gasteiger partial charge in [-0.2, -0.15) is 11.8 Å². The monoisotopic (exact) mass is 235 g/mol. The molecule has 0 spiro atoms. The van der Waals surface area contributed by atoms with Crippen LogP contribution >= 0.6 is 11.8 Å². The predicted octanol–water partition coefficient (Wildman–Crippen LogP) is -0.156. The minimum absolute atomic E-state index is 0.269. The number of carbonyl (C=O) groups excluding carboxylic acids is 2. The highest BCUT2D eigenvalue weighted by Gasteiger charge is 2.19. The number of thioether (sulfide) groups is 1. The van der Waals surface area contributed by atoms with Crippen molar-refractivity contribution in [1.82, 2.24) is 10.7 Å². The van der Waals surface area contributed by atoms with Crippen LogP contribution in [0.2, 0.25) is 0 Å². The number of carbonyl (C=O) groups is 2. The van der Waals surface area contributed by atoms with Crippen LogP contribution in [-0.2, 0) is 9.53 Å². The van der Waals surface area contributed by atoms with Crippen molar-refractivity contribution in [2.24, 2.45) is 5.84 Å². The van der Waals surface area contributed by atoms with Gasteiger partial charge in [0.15, 0.2) is 0 Å². The van der Waals surface area contributed by atoms with Gasteiger partial charge in [0, 0.05) is 0 Å². The van der Waals surface area contributed by atoms with Crippen molar-refractivity contribution < 1.29 is 14.3 Å². The highest BCUT2D eigenvalue weighted by molar-refractivity contribution is 7.98. The van der Waals surface area contributed by atoms with E-state index in [9.17, 15) is 9.59 Å². The summed E-state index contributed by atoms with van der Waals surface area (Å²) in [5, 5.41) is 2.44. The molecule has 0 heterocycles. The Bertz CT molecular complexity index is 213. The SMILES string of the molecule is CCOC(=O)N[C@@H](CCSC)C(=O)NN. The van der Waals surface area contributed by atoms with Gasteiger partial charge in [-0.3, -0.25) is 10.2 Å². The van der Waals surface area contributed by atoms with Crippen LogP contribution in [0.1, 0.15) is 13.3 Å². The molecule has 0 rings (SSSR count). The molecule has 0 aliphatic heterocycles. The molecule has 0 aliphatic carbocycles. The first kappa shape index (κ1) is 14.1. The number of hydrazine groups is 1. The van der Waals surface area contributed by atoms with E-state index in [-0.39, 0.29) is 6.61 Å². The fraction of sp³-hybridized carbons (Fsp3) is 0.750. The zero-order valence-corrected chi connectivity index (χ0v) is 9.73. The summed E-state index contributed by atoms with van der Waals surface area (Å²) in [4.78, 5) is 22.3. The Kier molecular flexibility index (Phi) is 7.84. The van der Waals surface area contributed by atoms with Crippen LogP contribution in [0, 0.1) is 0 Å². The highest BCUT2D eigenvalue weighted by Crippen LogP contribution is 2.01. The summed E-state index contributed by atoms with van der Waals surface area (Å²) >= 11 is 1.59. The van der Waals surface area contributed by atoms with E-state index in [1.54, 1.807) is 18.7 Å². The molecule has 2 amide bonds. The summed E-state index contributed by atoms with van der Waals surface area (Å²) in [5.74, 6) is 5.33. The number of alkyl carbamates (subject to hydrolysis) is 1. The van der Waals surface area contributed by atoms with E-state index in [0.29, 0.717) is 6.42 Å². The Labute approximate surface area is 93.3 Å². The van der Waals surface area contributed by atoms with Gasteiger partial charge in [-0.15, -0.1) is 0 Å². The van der Waals surface area contributed by atoms with Crippen molar-refractivity contribution in [1.29, 1.82) is 0 Å². The van der Waals surface area contributed by atoms with Crippen LogP contribution in [0.4, 0.5) is 4.79 Å². The Morgan fingerprint density at radius 3 is 2.67 bits per heavy atom. The van der Waals surface area contributed by atoms with Gasteiger partial charge >= 0.3 is 6.09 Å². The molecule has 0 aromatic carbocycles. The number of hydrogen-bond acceptors (Lipinski definition) is 5. The number of nitrogens with one attached hydrogen (secondary N) is 2. The van der Waals surface area contributed by atoms with Gasteiger partial charge in [-0.1, -0.05) is 0 Å². The fourth-order valence-corrected chi connectivity index (χ4v) is 1.39. The number of ether oxygens (including phenoxy) is 1. The molecule has 0 radical (unpaired) electrons. The topological polar surface area (TPSA) is 93.4 Å². The fourth-order valence-electron chi connectivity index (χ4n) is 0.920. The zero-order chi connectivity index (χ0) is 11.7. The molecule has 0 aliphatic rings. The molecule has 0 saturated heterocycles. The number of rotatable bonds is 6. The lowest BCUT2D eigenvalue weighted by Gasteiger charge is -2.15. The van der Waals surface area contributed by atoms with Crippen molar-refractivity contribution in [3.63, 3.8) is 0 Å². The van der Waals surface area contributed by atoms with E-state index >= 15 is 0 Å². The van der Waals surface area contributed by atoms with Crippen molar-refractivity contribution in [2.75, 3.05) is 18.6 Å². The van der Waals surface area contributed by atoms with Crippen LogP contribution in [0.3, 0.4) is 0 Å².